The first kappa shape index (κ1) is 26.1. The lowest BCUT2D eigenvalue weighted by Crippen LogP contribution is -2.40. The fourth-order valence-electron chi connectivity index (χ4n) is 5.38. The number of nitrogens with zero attached hydrogens (tertiary/aromatic N) is 4. The Balaban J connectivity index is 1.53. The molecular formula is C26H32ClN7O4. The molecule has 2 atom stereocenters. The number of hydrogen-bond donors (Lipinski definition) is 3. The number of ether oxygens (including phenoxy) is 1. The molecule has 1 aromatic carbocycles. The maximum Gasteiger partial charge on any atom is 0.332 e. The highest BCUT2D eigenvalue weighted by Gasteiger charge is 2.30. The summed E-state index contributed by atoms with van der Waals surface area (Å²) in [6.07, 6.45) is 3.12. The van der Waals surface area contributed by atoms with E-state index < -0.39 is 11.2 Å². The largest absolute Gasteiger partial charge is 0.466 e. The van der Waals surface area contributed by atoms with E-state index in [9.17, 15) is 14.4 Å². The SMILES string of the molecule is CCOC(=O)C1CCCC(Nc2nc3c(c(=O)n(Cc4cc5c(Cl)cccc5[nH]4)c(=O)n3C)n2CCN)C1. The van der Waals surface area contributed by atoms with Crippen LogP contribution in [0.15, 0.2) is 33.9 Å². The predicted octanol–water partition coefficient (Wildman–Crippen LogP) is 2.57. The van der Waals surface area contributed by atoms with Crippen molar-refractivity contribution in [1.29, 1.82) is 0 Å². The number of halogens is 1. The molecule has 0 saturated heterocycles. The minimum atomic E-state index is -0.476. The number of fused-ring (bicyclic) bond motifs is 2. The third-order valence-electron chi connectivity index (χ3n) is 7.21. The van der Waals surface area contributed by atoms with Gasteiger partial charge in [0.25, 0.3) is 5.56 Å². The van der Waals surface area contributed by atoms with Crippen molar-refractivity contribution in [3.63, 3.8) is 0 Å². The lowest BCUT2D eigenvalue weighted by atomic mass is 9.86. The molecule has 202 valence electrons. The van der Waals surface area contributed by atoms with Crippen molar-refractivity contribution in [3.05, 3.63) is 55.8 Å². The van der Waals surface area contributed by atoms with Crippen molar-refractivity contribution >= 4 is 45.6 Å². The van der Waals surface area contributed by atoms with Crippen LogP contribution < -0.4 is 22.3 Å². The van der Waals surface area contributed by atoms with E-state index in [0.29, 0.717) is 41.8 Å². The molecule has 5 rings (SSSR count). The van der Waals surface area contributed by atoms with Crippen molar-refractivity contribution in [2.24, 2.45) is 18.7 Å². The third-order valence-corrected chi connectivity index (χ3v) is 7.54. The van der Waals surface area contributed by atoms with Gasteiger partial charge < -0.3 is 25.3 Å². The third kappa shape index (κ3) is 4.71. The van der Waals surface area contributed by atoms with Gasteiger partial charge >= 0.3 is 11.7 Å². The minimum absolute atomic E-state index is 0.0261. The number of H-pyrrole nitrogens is 1. The van der Waals surface area contributed by atoms with Crippen LogP contribution in [0.2, 0.25) is 5.02 Å². The van der Waals surface area contributed by atoms with E-state index in [1.165, 1.54) is 9.13 Å². The molecule has 1 fully saturated rings. The summed E-state index contributed by atoms with van der Waals surface area (Å²) in [4.78, 5) is 47.2. The number of benzene rings is 1. The van der Waals surface area contributed by atoms with Crippen LogP contribution in [0.5, 0.6) is 0 Å². The highest BCUT2D eigenvalue weighted by Crippen LogP contribution is 2.28. The highest BCUT2D eigenvalue weighted by molar-refractivity contribution is 6.35. The molecule has 3 heterocycles. The first-order chi connectivity index (χ1) is 18.3. The number of aromatic nitrogens is 5. The maximum absolute atomic E-state index is 13.7. The van der Waals surface area contributed by atoms with Gasteiger partial charge in [-0.15, -0.1) is 0 Å². The van der Waals surface area contributed by atoms with Crippen molar-refractivity contribution in [1.82, 2.24) is 23.7 Å². The fourth-order valence-corrected chi connectivity index (χ4v) is 5.61. The monoisotopic (exact) mass is 541 g/mol. The first-order valence-corrected chi connectivity index (χ1v) is 13.3. The van der Waals surface area contributed by atoms with Crippen LogP contribution in [0.4, 0.5) is 5.95 Å². The van der Waals surface area contributed by atoms with Gasteiger partial charge in [0.2, 0.25) is 5.95 Å². The van der Waals surface area contributed by atoms with Gasteiger partial charge in [-0.25, -0.2) is 4.79 Å². The number of rotatable bonds is 8. The second-order valence-corrected chi connectivity index (χ2v) is 10.1. The Labute approximate surface area is 223 Å². The van der Waals surface area contributed by atoms with E-state index in [1.807, 2.05) is 18.2 Å². The van der Waals surface area contributed by atoms with Gasteiger partial charge in [-0.2, -0.15) is 4.98 Å². The Hall–Kier alpha value is -3.57. The van der Waals surface area contributed by atoms with Gasteiger partial charge in [-0.1, -0.05) is 24.1 Å². The van der Waals surface area contributed by atoms with Crippen LogP contribution in [0, 0.1) is 5.92 Å². The lowest BCUT2D eigenvalue weighted by Gasteiger charge is -2.28. The Morgan fingerprint density at radius 2 is 2.11 bits per heavy atom. The summed E-state index contributed by atoms with van der Waals surface area (Å²) < 4.78 is 9.54. The van der Waals surface area contributed by atoms with E-state index >= 15 is 0 Å². The Kier molecular flexibility index (Phi) is 7.31. The molecule has 0 bridgehead atoms. The number of aromatic amines is 1. The zero-order valence-electron chi connectivity index (χ0n) is 21.5. The Bertz CT molecular complexity index is 1620. The molecule has 0 amide bonds. The first-order valence-electron chi connectivity index (χ1n) is 12.9. The van der Waals surface area contributed by atoms with Crippen LogP contribution in [-0.4, -0.2) is 48.8 Å². The summed E-state index contributed by atoms with van der Waals surface area (Å²) >= 11 is 6.31. The van der Waals surface area contributed by atoms with Crippen molar-refractivity contribution in [2.75, 3.05) is 18.5 Å². The van der Waals surface area contributed by atoms with E-state index in [-0.39, 0.29) is 36.7 Å². The summed E-state index contributed by atoms with van der Waals surface area (Å²) in [5.74, 6) is 0.0974. The minimum Gasteiger partial charge on any atom is -0.466 e. The fraction of sp³-hybridized carbons (Fsp3) is 0.462. The maximum atomic E-state index is 13.7. The van der Waals surface area contributed by atoms with Crippen LogP contribution in [-0.2, 0) is 29.7 Å². The second kappa shape index (κ2) is 10.7. The molecule has 38 heavy (non-hydrogen) atoms. The number of carbonyl (C=O) groups is 1. The van der Waals surface area contributed by atoms with Crippen molar-refractivity contribution < 1.29 is 9.53 Å². The van der Waals surface area contributed by atoms with Gasteiger partial charge in [-0.05, 0) is 44.4 Å². The van der Waals surface area contributed by atoms with E-state index in [0.717, 1.165) is 30.2 Å². The van der Waals surface area contributed by atoms with Crippen LogP contribution in [0.3, 0.4) is 0 Å². The van der Waals surface area contributed by atoms with E-state index in [1.54, 1.807) is 24.6 Å². The van der Waals surface area contributed by atoms with Crippen molar-refractivity contribution in [3.8, 4) is 0 Å². The van der Waals surface area contributed by atoms with Gasteiger partial charge in [0.15, 0.2) is 11.2 Å². The summed E-state index contributed by atoms with van der Waals surface area (Å²) in [5.41, 5.74) is 7.08. The molecule has 3 aromatic heterocycles. The molecule has 2 unspecified atom stereocenters. The average molecular weight is 542 g/mol. The van der Waals surface area contributed by atoms with Crippen molar-refractivity contribution in [2.45, 2.75) is 51.7 Å². The molecular weight excluding hydrogens is 510 g/mol. The highest BCUT2D eigenvalue weighted by atomic mass is 35.5. The molecule has 0 radical (unpaired) electrons. The van der Waals surface area contributed by atoms with Gasteiger partial charge in [0, 0.05) is 47.8 Å². The molecule has 1 aliphatic carbocycles. The number of esters is 1. The normalized spacial score (nSPS) is 17.8. The average Bonchev–Trinajstić information content (AvgIpc) is 3.48. The van der Waals surface area contributed by atoms with Crippen LogP contribution >= 0.6 is 11.6 Å². The molecule has 0 aliphatic heterocycles. The summed E-state index contributed by atoms with van der Waals surface area (Å²) in [5, 5.41) is 4.83. The van der Waals surface area contributed by atoms with Gasteiger partial charge in [0.1, 0.15) is 0 Å². The van der Waals surface area contributed by atoms with Gasteiger partial charge in [0.05, 0.1) is 19.1 Å². The zero-order chi connectivity index (χ0) is 27.0. The molecule has 11 nitrogen and oxygen atoms in total. The number of anilines is 1. The number of carbonyl (C=O) groups excluding carboxylic acids is 1. The van der Waals surface area contributed by atoms with E-state index in [4.69, 9.17) is 22.1 Å². The van der Waals surface area contributed by atoms with Crippen LogP contribution in [0.25, 0.3) is 22.1 Å². The molecule has 4 aromatic rings. The molecule has 12 heteroatoms. The topological polar surface area (TPSA) is 142 Å². The molecule has 1 aliphatic rings. The Morgan fingerprint density at radius 3 is 2.84 bits per heavy atom. The number of hydrogen-bond acceptors (Lipinski definition) is 7. The number of nitrogens with one attached hydrogen (secondary N) is 2. The number of imidazole rings is 1. The molecule has 0 spiro atoms. The molecule has 4 N–H and O–H groups in total. The second-order valence-electron chi connectivity index (χ2n) is 9.73. The van der Waals surface area contributed by atoms with Gasteiger partial charge in [-0.3, -0.25) is 18.7 Å². The number of aryl methyl sites for hydroxylation is 1. The zero-order valence-corrected chi connectivity index (χ0v) is 22.3. The standard InChI is InChI=1S/C26H32ClN7O4/c1-3-38-24(36)15-6-4-7-16(12-15)30-25-31-22-21(33(25)11-10-28)23(35)34(26(37)32(22)2)14-17-13-18-19(27)8-5-9-20(18)29-17/h5,8-9,13,15-16,29H,3-4,6-7,10-12,14,28H2,1-2H3,(H,30,31). The lowest BCUT2D eigenvalue weighted by molar-refractivity contribution is -0.149. The smallest absolute Gasteiger partial charge is 0.332 e. The quantitative estimate of drug-likeness (QED) is 0.291. The summed E-state index contributed by atoms with van der Waals surface area (Å²) in [7, 11) is 1.60. The van der Waals surface area contributed by atoms with E-state index in [2.05, 4.69) is 15.3 Å². The Morgan fingerprint density at radius 1 is 1.29 bits per heavy atom. The summed E-state index contributed by atoms with van der Waals surface area (Å²) in [6.45, 7) is 2.82. The predicted molar refractivity (Wildman–Crippen MR) is 147 cm³/mol. The molecule has 1 saturated carbocycles. The summed E-state index contributed by atoms with van der Waals surface area (Å²) in [6, 6.07) is 7.34. The number of nitrogens with two attached hydrogens (primary N) is 1. The van der Waals surface area contributed by atoms with Crippen LogP contribution in [0.1, 0.15) is 38.3 Å².